The first-order chi connectivity index (χ1) is 6.81. The van der Waals surface area contributed by atoms with Gasteiger partial charge in [-0.2, -0.15) is 0 Å². The molecular formula is C12H11ClO. The second-order valence-electron chi connectivity index (χ2n) is 3.05. The van der Waals surface area contributed by atoms with Crippen LogP contribution >= 0.6 is 11.6 Å². The average Bonchev–Trinajstić information content (AvgIpc) is 2.18. The summed E-state index contributed by atoms with van der Waals surface area (Å²) in [6.07, 6.45) is 0. The quantitative estimate of drug-likeness (QED) is 0.725. The Bertz CT molecular complexity index is 451. The fourth-order valence-corrected chi connectivity index (χ4v) is 1.69. The van der Waals surface area contributed by atoms with Gasteiger partial charge < -0.3 is 4.74 Å². The summed E-state index contributed by atoms with van der Waals surface area (Å²) in [5, 5.41) is 2.98. The maximum Gasteiger partial charge on any atom is 0.127 e. The van der Waals surface area contributed by atoms with Gasteiger partial charge >= 0.3 is 0 Å². The van der Waals surface area contributed by atoms with Crippen molar-refractivity contribution in [2.75, 3.05) is 6.61 Å². The van der Waals surface area contributed by atoms with Crippen LogP contribution in [0.3, 0.4) is 0 Å². The van der Waals surface area contributed by atoms with Crippen molar-refractivity contribution in [3.8, 4) is 5.75 Å². The monoisotopic (exact) mass is 206 g/mol. The molecule has 0 amide bonds. The minimum Gasteiger partial charge on any atom is -0.493 e. The van der Waals surface area contributed by atoms with Crippen molar-refractivity contribution in [3.63, 3.8) is 0 Å². The molecule has 0 spiro atoms. The number of hydrogen-bond donors (Lipinski definition) is 0. The number of halogens is 1. The highest BCUT2D eigenvalue weighted by atomic mass is 35.5. The first kappa shape index (κ1) is 9.35. The van der Waals surface area contributed by atoms with Crippen molar-refractivity contribution in [1.29, 1.82) is 0 Å². The van der Waals surface area contributed by atoms with Gasteiger partial charge in [-0.1, -0.05) is 23.7 Å². The van der Waals surface area contributed by atoms with Crippen LogP contribution in [0.2, 0.25) is 5.02 Å². The van der Waals surface area contributed by atoms with Gasteiger partial charge in [0.2, 0.25) is 0 Å². The van der Waals surface area contributed by atoms with E-state index in [2.05, 4.69) is 0 Å². The van der Waals surface area contributed by atoms with E-state index < -0.39 is 0 Å². The van der Waals surface area contributed by atoms with Crippen LogP contribution in [0.4, 0.5) is 0 Å². The molecule has 0 bridgehead atoms. The van der Waals surface area contributed by atoms with Crippen LogP contribution < -0.4 is 4.74 Å². The lowest BCUT2D eigenvalue weighted by molar-refractivity contribution is 0.344. The molecule has 0 radical (unpaired) electrons. The molecule has 0 unspecified atom stereocenters. The van der Waals surface area contributed by atoms with Gasteiger partial charge in [0.15, 0.2) is 0 Å². The molecule has 1 nitrogen and oxygen atoms in total. The van der Waals surface area contributed by atoms with E-state index in [1.54, 1.807) is 0 Å². The third-order valence-electron chi connectivity index (χ3n) is 2.10. The molecule has 0 aliphatic rings. The van der Waals surface area contributed by atoms with E-state index in [-0.39, 0.29) is 0 Å². The Morgan fingerprint density at radius 2 is 2.07 bits per heavy atom. The second-order valence-corrected chi connectivity index (χ2v) is 3.49. The van der Waals surface area contributed by atoms with Crippen molar-refractivity contribution in [2.45, 2.75) is 6.92 Å². The average molecular weight is 207 g/mol. The molecule has 0 N–H and O–H groups in total. The predicted octanol–water partition coefficient (Wildman–Crippen LogP) is 3.89. The van der Waals surface area contributed by atoms with Crippen LogP contribution in [0.5, 0.6) is 5.75 Å². The molecule has 0 aromatic heterocycles. The molecule has 0 fully saturated rings. The van der Waals surface area contributed by atoms with Crippen molar-refractivity contribution in [2.24, 2.45) is 0 Å². The molecule has 0 aliphatic carbocycles. The van der Waals surface area contributed by atoms with Gasteiger partial charge in [0.05, 0.1) is 6.61 Å². The molecule has 72 valence electrons. The molecule has 0 saturated heterocycles. The molecule has 2 aromatic rings. The first-order valence-corrected chi connectivity index (χ1v) is 5.00. The molecule has 0 atom stereocenters. The number of fused-ring (bicyclic) bond motifs is 1. The minimum atomic E-state index is 0.682. The molecule has 2 aromatic carbocycles. The van der Waals surface area contributed by atoms with Gasteiger partial charge in [-0.15, -0.1) is 0 Å². The predicted molar refractivity (Wildman–Crippen MR) is 60.1 cm³/mol. The first-order valence-electron chi connectivity index (χ1n) is 4.62. The maximum atomic E-state index is 5.91. The summed E-state index contributed by atoms with van der Waals surface area (Å²) in [4.78, 5) is 0. The van der Waals surface area contributed by atoms with Crippen molar-refractivity contribution in [3.05, 3.63) is 41.4 Å². The largest absolute Gasteiger partial charge is 0.493 e. The summed E-state index contributed by atoms with van der Waals surface area (Å²) in [5.41, 5.74) is 0. The van der Waals surface area contributed by atoms with Gasteiger partial charge in [-0.3, -0.25) is 0 Å². The summed E-state index contributed by atoms with van der Waals surface area (Å²) in [6.45, 7) is 2.66. The highest BCUT2D eigenvalue weighted by Crippen LogP contribution is 2.27. The minimum absolute atomic E-state index is 0.682. The summed E-state index contributed by atoms with van der Waals surface area (Å²) < 4.78 is 5.52. The van der Waals surface area contributed by atoms with Gasteiger partial charge in [0.25, 0.3) is 0 Å². The highest BCUT2D eigenvalue weighted by Gasteiger charge is 2.00. The Morgan fingerprint density at radius 1 is 1.21 bits per heavy atom. The van der Waals surface area contributed by atoms with Gasteiger partial charge in [-0.05, 0) is 36.6 Å². The molecule has 14 heavy (non-hydrogen) atoms. The number of ether oxygens (including phenoxy) is 1. The van der Waals surface area contributed by atoms with E-state index in [4.69, 9.17) is 16.3 Å². The standard InChI is InChI=1S/C12H11ClO/c1-2-14-12-5-3-4-9-8-10(13)6-7-11(9)12/h3-8H,2H2,1H3. The number of hydrogen-bond acceptors (Lipinski definition) is 1. The molecule has 0 saturated carbocycles. The van der Waals surface area contributed by atoms with E-state index >= 15 is 0 Å². The number of benzene rings is 2. The van der Waals surface area contributed by atoms with E-state index in [9.17, 15) is 0 Å². The Hall–Kier alpha value is -1.21. The Morgan fingerprint density at radius 3 is 2.86 bits per heavy atom. The van der Waals surface area contributed by atoms with Crippen LogP contribution in [0, 0.1) is 0 Å². The van der Waals surface area contributed by atoms with E-state index in [1.165, 1.54) is 0 Å². The van der Waals surface area contributed by atoms with Gasteiger partial charge in [0.1, 0.15) is 5.75 Å². The Labute approximate surface area is 88.3 Å². The second kappa shape index (κ2) is 3.89. The molecule has 2 heteroatoms. The summed E-state index contributed by atoms with van der Waals surface area (Å²) in [7, 11) is 0. The van der Waals surface area contributed by atoms with Crippen LogP contribution in [0.25, 0.3) is 10.8 Å². The molecule has 0 heterocycles. The molecule has 2 rings (SSSR count). The Balaban J connectivity index is 2.62. The van der Waals surface area contributed by atoms with Gasteiger partial charge in [0, 0.05) is 10.4 Å². The lowest BCUT2D eigenvalue weighted by atomic mass is 10.1. The fourth-order valence-electron chi connectivity index (χ4n) is 1.51. The summed E-state index contributed by atoms with van der Waals surface area (Å²) in [5.74, 6) is 0.918. The van der Waals surface area contributed by atoms with E-state index in [1.807, 2.05) is 43.3 Å². The molecule has 0 aliphatic heterocycles. The summed E-state index contributed by atoms with van der Waals surface area (Å²) in [6, 6.07) is 11.8. The van der Waals surface area contributed by atoms with E-state index in [0.717, 1.165) is 21.5 Å². The zero-order chi connectivity index (χ0) is 9.97. The van der Waals surface area contributed by atoms with Crippen LogP contribution in [0.15, 0.2) is 36.4 Å². The van der Waals surface area contributed by atoms with Crippen LogP contribution in [-0.2, 0) is 0 Å². The zero-order valence-corrected chi connectivity index (χ0v) is 8.71. The third-order valence-corrected chi connectivity index (χ3v) is 2.34. The van der Waals surface area contributed by atoms with Crippen LogP contribution in [0.1, 0.15) is 6.92 Å². The van der Waals surface area contributed by atoms with E-state index in [0.29, 0.717) is 6.61 Å². The zero-order valence-electron chi connectivity index (χ0n) is 7.96. The van der Waals surface area contributed by atoms with Crippen molar-refractivity contribution < 1.29 is 4.74 Å². The van der Waals surface area contributed by atoms with Crippen molar-refractivity contribution in [1.82, 2.24) is 0 Å². The van der Waals surface area contributed by atoms with Crippen LogP contribution in [-0.4, -0.2) is 6.61 Å². The topological polar surface area (TPSA) is 9.23 Å². The summed E-state index contributed by atoms with van der Waals surface area (Å²) >= 11 is 5.91. The third kappa shape index (κ3) is 1.68. The Kier molecular flexibility index (Phi) is 2.60. The number of rotatable bonds is 2. The maximum absolute atomic E-state index is 5.91. The fraction of sp³-hybridized carbons (Fsp3) is 0.167. The SMILES string of the molecule is CCOc1cccc2cc(Cl)ccc12. The normalized spacial score (nSPS) is 10.4. The van der Waals surface area contributed by atoms with Gasteiger partial charge in [-0.25, -0.2) is 0 Å². The lowest BCUT2D eigenvalue weighted by Crippen LogP contribution is -1.91. The molecular weight excluding hydrogens is 196 g/mol. The smallest absolute Gasteiger partial charge is 0.127 e. The van der Waals surface area contributed by atoms with Crippen molar-refractivity contribution >= 4 is 22.4 Å². The lowest BCUT2D eigenvalue weighted by Gasteiger charge is -2.06. The highest BCUT2D eigenvalue weighted by molar-refractivity contribution is 6.31.